The molecule has 200 valence electrons. The molecule has 1 saturated carbocycles. The molecule has 3 N–H and O–H groups in total. The quantitative estimate of drug-likeness (QED) is 0.395. The van der Waals surface area contributed by atoms with Crippen LogP contribution in [0.1, 0.15) is 80.1 Å². The fourth-order valence-electron chi connectivity index (χ4n) is 4.80. The lowest BCUT2D eigenvalue weighted by molar-refractivity contribution is -0.145. The van der Waals surface area contributed by atoms with E-state index in [1.54, 1.807) is 0 Å². The van der Waals surface area contributed by atoms with Crippen molar-refractivity contribution in [1.29, 1.82) is 0 Å². The third kappa shape index (κ3) is 6.41. The zero-order chi connectivity index (χ0) is 26.8. The minimum absolute atomic E-state index is 0.0214. The van der Waals surface area contributed by atoms with Gasteiger partial charge in [-0.15, -0.1) is 0 Å². The first kappa shape index (κ1) is 27.6. The van der Waals surface area contributed by atoms with Crippen molar-refractivity contribution in [2.24, 2.45) is 10.6 Å². The third-order valence-electron chi connectivity index (χ3n) is 6.77. The maximum atomic E-state index is 13.8. The second-order valence-electron chi connectivity index (χ2n) is 11.4. The van der Waals surface area contributed by atoms with E-state index in [1.807, 2.05) is 34.6 Å². The largest absolute Gasteiger partial charge is 0.387 e. The molecule has 3 rings (SSSR count). The van der Waals surface area contributed by atoms with Crippen LogP contribution in [-0.2, 0) is 28.8 Å². The van der Waals surface area contributed by atoms with E-state index in [0.717, 1.165) is 18.6 Å². The molecule has 0 radical (unpaired) electrons. The van der Waals surface area contributed by atoms with Crippen LogP contribution in [0, 0.1) is 5.41 Å². The Hall–Kier alpha value is -2.98. The summed E-state index contributed by atoms with van der Waals surface area (Å²) in [4.78, 5) is 71.5. The predicted molar refractivity (Wildman–Crippen MR) is 132 cm³/mol. The fourth-order valence-corrected chi connectivity index (χ4v) is 4.80. The number of oxime groups is 1. The summed E-state index contributed by atoms with van der Waals surface area (Å²) in [6.45, 7) is 10.6. The van der Waals surface area contributed by atoms with Crippen molar-refractivity contribution in [3.63, 3.8) is 0 Å². The Morgan fingerprint density at radius 2 is 1.83 bits per heavy atom. The van der Waals surface area contributed by atoms with Crippen LogP contribution >= 0.6 is 0 Å². The van der Waals surface area contributed by atoms with E-state index in [0.29, 0.717) is 19.3 Å². The SMILES string of the molecule is CCC[C@H](NC(=O)[C@@H]1C[C@]2(CC(C)=NO2)CN1C(=O)[C@@H](NC(C)=O)C(C)(C)C)C(=O)C(=O)NC1CC1. The molecular weight excluding hydrogens is 466 g/mol. The molecule has 0 unspecified atom stereocenters. The van der Waals surface area contributed by atoms with Crippen molar-refractivity contribution in [1.82, 2.24) is 20.9 Å². The molecule has 0 aromatic carbocycles. The number of amides is 4. The Balaban J connectivity index is 1.84. The van der Waals surface area contributed by atoms with Crippen molar-refractivity contribution < 1.29 is 28.8 Å². The van der Waals surface area contributed by atoms with Gasteiger partial charge in [0.15, 0.2) is 5.60 Å². The Morgan fingerprint density at radius 1 is 1.17 bits per heavy atom. The van der Waals surface area contributed by atoms with Gasteiger partial charge in [-0.25, -0.2) is 0 Å². The van der Waals surface area contributed by atoms with E-state index in [2.05, 4.69) is 21.1 Å². The number of rotatable bonds is 9. The Morgan fingerprint density at radius 3 is 2.33 bits per heavy atom. The molecule has 0 aromatic rings. The van der Waals surface area contributed by atoms with Gasteiger partial charge in [0.05, 0.1) is 18.3 Å². The molecule has 4 amide bonds. The Bertz CT molecular complexity index is 953. The first-order valence-electron chi connectivity index (χ1n) is 12.7. The molecule has 0 bridgehead atoms. The molecule has 1 saturated heterocycles. The van der Waals surface area contributed by atoms with Crippen LogP contribution in [0.15, 0.2) is 5.16 Å². The maximum Gasteiger partial charge on any atom is 0.289 e. The first-order valence-corrected chi connectivity index (χ1v) is 12.7. The average molecular weight is 506 g/mol. The second kappa shape index (κ2) is 10.6. The molecular formula is C25H39N5O6. The number of carbonyl (C=O) groups is 5. The van der Waals surface area contributed by atoms with Crippen LogP contribution < -0.4 is 16.0 Å². The highest BCUT2D eigenvalue weighted by atomic mass is 16.7. The van der Waals surface area contributed by atoms with Crippen LogP contribution in [0.5, 0.6) is 0 Å². The minimum Gasteiger partial charge on any atom is -0.387 e. The number of hydrogen-bond donors (Lipinski definition) is 3. The van der Waals surface area contributed by atoms with E-state index in [-0.39, 0.29) is 24.9 Å². The van der Waals surface area contributed by atoms with Crippen molar-refractivity contribution >= 4 is 35.1 Å². The topological polar surface area (TPSA) is 146 Å². The van der Waals surface area contributed by atoms with Crippen LogP contribution in [0.2, 0.25) is 0 Å². The molecule has 3 aliphatic rings. The standard InChI is InChI=1S/C25H39N5O6/c1-7-8-17(19(32)22(34)27-16-9-10-16)28-21(33)18-12-25(11-14(2)29-36-25)13-30(18)23(35)20(24(4,5)6)26-15(3)31/h16-18,20H,7-13H2,1-6H3,(H,26,31)(H,27,34)(H,28,33)/t17-,18-,20+,25+/m0/s1. The van der Waals surface area contributed by atoms with Gasteiger partial charge in [0.2, 0.25) is 23.5 Å². The van der Waals surface area contributed by atoms with Gasteiger partial charge in [0.25, 0.3) is 5.91 Å². The number of likely N-dealkylation sites (tertiary alicyclic amines) is 1. The molecule has 11 nitrogen and oxygen atoms in total. The van der Waals surface area contributed by atoms with E-state index in [9.17, 15) is 24.0 Å². The van der Waals surface area contributed by atoms with Gasteiger partial charge in [-0.3, -0.25) is 24.0 Å². The highest BCUT2D eigenvalue weighted by Crippen LogP contribution is 2.39. The van der Waals surface area contributed by atoms with E-state index < -0.39 is 52.6 Å². The lowest BCUT2D eigenvalue weighted by Crippen LogP contribution is -2.59. The van der Waals surface area contributed by atoms with Gasteiger partial charge < -0.3 is 25.7 Å². The lowest BCUT2D eigenvalue weighted by atomic mass is 9.85. The van der Waals surface area contributed by atoms with Crippen molar-refractivity contribution in [2.45, 2.75) is 110 Å². The summed E-state index contributed by atoms with van der Waals surface area (Å²) in [5.74, 6) is -2.69. The summed E-state index contributed by atoms with van der Waals surface area (Å²) in [6, 6.07) is -2.80. The van der Waals surface area contributed by atoms with E-state index in [4.69, 9.17) is 4.84 Å². The summed E-state index contributed by atoms with van der Waals surface area (Å²) in [7, 11) is 0. The van der Waals surface area contributed by atoms with Gasteiger partial charge in [0.1, 0.15) is 12.1 Å². The number of Topliss-reactive ketones (excluding diaryl/α,β-unsaturated/α-hetero) is 1. The normalized spacial score (nSPS) is 25.0. The predicted octanol–water partition coefficient (Wildman–Crippen LogP) is 0.806. The number of carbonyl (C=O) groups excluding carboxylic acids is 5. The van der Waals surface area contributed by atoms with Crippen LogP contribution in [-0.4, -0.2) is 76.3 Å². The Labute approximate surface area is 212 Å². The highest BCUT2D eigenvalue weighted by molar-refractivity contribution is 6.38. The summed E-state index contributed by atoms with van der Waals surface area (Å²) in [5.41, 5.74) is -0.716. The molecule has 1 spiro atoms. The zero-order valence-corrected chi connectivity index (χ0v) is 22.1. The number of nitrogens with one attached hydrogen (secondary N) is 3. The van der Waals surface area contributed by atoms with Gasteiger partial charge in [-0.1, -0.05) is 39.3 Å². The first-order chi connectivity index (χ1) is 16.8. The summed E-state index contributed by atoms with van der Waals surface area (Å²) in [5, 5.41) is 12.2. The van der Waals surface area contributed by atoms with Crippen molar-refractivity contribution in [3.8, 4) is 0 Å². The molecule has 2 fully saturated rings. The molecule has 4 atom stereocenters. The van der Waals surface area contributed by atoms with Crippen molar-refractivity contribution in [3.05, 3.63) is 0 Å². The molecule has 0 aromatic heterocycles. The van der Waals surface area contributed by atoms with E-state index in [1.165, 1.54) is 11.8 Å². The third-order valence-corrected chi connectivity index (χ3v) is 6.77. The van der Waals surface area contributed by atoms with Gasteiger partial charge in [0, 0.05) is 25.8 Å². The molecule has 2 heterocycles. The smallest absolute Gasteiger partial charge is 0.289 e. The number of ketones is 1. The molecule has 36 heavy (non-hydrogen) atoms. The summed E-state index contributed by atoms with van der Waals surface area (Å²) >= 11 is 0. The van der Waals surface area contributed by atoms with Gasteiger partial charge in [-0.2, -0.15) is 0 Å². The lowest BCUT2D eigenvalue weighted by Gasteiger charge is -2.35. The van der Waals surface area contributed by atoms with Crippen molar-refractivity contribution in [2.75, 3.05) is 6.54 Å². The Kier molecular flexibility index (Phi) is 8.10. The zero-order valence-electron chi connectivity index (χ0n) is 22.1. The van der Waals surface area contributed by atoms with E-state index >= 15 is 0 Å². The molecule has 11 heteroatoms. The second-order valence-corrected chi connectivity index (χ2v) is 11.4. The van der Waals surface area contributed by atoms with Crippen LogP contribution in [0.4, 0.5) is 0 Å². The average Bonchev–Trinajstić information content (AvgIpc) is 3.41. The molecule has 1 aliphatic carbocycles. The minimum atomic E-state index is -0.994. The van der Waals surface area contributed by atoms with Crippen LogP contribution in [0.25, 0.3) is 0 Å². The summed E-state index contributed by atoms with van der Waals surface area (Å²) in [6.07, 6.45) is 3.20. The van der Waals surface area contributed by atoms with Crippen LogP contribution in [0.3, 0.4) is 0 Å². The maximum absolute atomic E-state index is 13.8. The van der Waals surface area contributed by atoms with Gasteiger partial charge >= 0.3 is 0 Å². The summed E-state index contributed by atoms with van der Waals surface area (Å²) < 4.78 is 0. The highest BCUT2D eigenvalue weighted by Gasteiger charge is 2.55. The molecule has 2 aliphatic heterocycles. The monoisotopic (exact) mass is 505 g/mol. The number of nitrogens with zero attached hydrogens (tertiary/aromatic N) is 2. The fraction of sp³-hybridized carbons (Fsp3) is 0.760. The number of hydrogen-bond acceptors (Lipinski definition) is 7. The van der Waals surface area contributed by atoms with Gasteiger partial charge in [-0.05, 0) is 31.6 Å².